The SMILES string of the molecule is Cc1nnc(CNC(=NCc2ccoc2)NC2CCOc3ccccc32)n1C.I. The van der Waals surface area contributed by atoms with Crippen LogP contribution in [0.1, 0.15) is 35.2 Å². The summed E-state index contributed by atoms with van der Waals surface area (Å²) in [5.74, 6) is 3.36. The van der Waals surface area contributed by atoms with Gasteiger partial charge in [-0.25, -0.2) is 4.99 Å². The van der Waals surface area contributed by atoms with Gasteiger partial charge in [-0.1, -0.05) is 18.2 Å². The molecule has 1 atom stereocenters. The lowest BCUT2D eigenvalue weighted by Crippen LogP contribution is -2.41. The van der Waals surface area contributed by atoms with Gasteiger partial charge >= 0.3 is 0 Å². The highest BCUT2D eigenvalue weighted by Gasteiger charge is 2.22. The fourth-order valence-corrected chi connectivity index (χ4v) is 3.13. The van der Waals surface area contributed by atoms with Gasteiger partial charge in [0.1, 0.15) is 11.6 Å². The first kappa shape index (κ1) is 21.2. The number of fused-ring (bicyclic) bond motifs is 1. The van der Waals surface area contributed by atoms with E-state index < -0.39 is 0 Å². The topological polar surface area (TPSA) is 89.5 Å². The molecule has 1 aliphatic rings. The van der Waals surface area contributed by atoms with E-state index in [1.165, 1.54) is 0 Å². The molecule has 4 rings (SSSR count). The Bertz CT molecular complexity index is 954. The molecule has 1 unspecified atom stereocenters. The summed E-state index contributed by atoms with van der Waals surface area (Å²) in [6.07, 6.45) is 4.23. The fraction of sp³-hybridized carbons (Fsp3) is 0.350. The molecule has 0 spiro atoms. The number of ether oxygens (including phenoxy) is 1. The highest BCUT2D eigenvalue weighted by Crippen LogP contribution is 2.31. The van der Waals surface area contributed by atoms with Gasteiger partial charge in [0, 0.05) is 24.6 Å². The molecule has 0 fully saturated rings. The van der Waals surface area contributed by atoms with Gasteiger partial charge < -0.3 is 24.4 Å². The average molecular weight is 508 g/mol. The van der Waals surface area contributed by atoms with Crippen molar-refractivity contribution in [2.75, 3.05) is 6.61 Å². The van der Waals surface area contributed by atoms with Crippen molar-refractivity contribution in [3.63, 3.8) is 0 Å². The number of aliphatic imine (C=N–C) groups is 1. The summed E-state index contributed by atoms with van der Waals surface area (Å²) in [7, 11) is 1.96. The van der Waals surface area contributed by atoms with Crippen molar-refractivity contribution in [3.8, 4) is 5.75 Å². The van der Waals surface area contributed by atoms with E-state index in [-0.39, 0.29) is 30.0 Å². The van der Waals surface area contributed by atoms with Crippen LogP contribution in [0.5, 0.6) is 5.75 Å². The van der Waals surface area contributed by atoms with Crippen LogP contribution in [0.25, 0.3) is 0 Å². The standard InChI is InChI=1S/C20H24N6O2.HI/c1-14-24-25-19(26(14)2)12-22-20(21-11-15-7-9-27-13-15)23-17-8-10-28-18-6-4-3-5-16(17)18;/h3-7,9,13,17H,8,10-12H2,1-2H3,(H2,21,22,23);1H. The summed E-state index contributed by atoms with van der Waals surface area (Å²) < 4.78 is 12.9. The third kappa shape index (κ3) is 5.08. The van der Waals surface area contributed by atoms with Gasteiger partial charge in [0.2, 0.25) is 0 Å². The second-order valence-corrected chi connectivity index (χ2v) is 6.74. The highest BCUT2D eigenvalue weighted by atomic mass is 127. The molecule has 29 heavy (non-hydrogen) atoms. The number of halogens is 1. The van der Waals surface area contributed by atoms with Crippen molar-refractivity contribution in [2.24, 2.45) is 12.0 Å². The number of para-hydroxylation sites is 1. The fourth-order valence-electron chi connectivity index (χ4n) is 3.13. The third-order valence-electron chi connectivity index (χ3n) is 4.87. The Morgan fingerprint density at radius 1 is 1.28 bits per heavy atom. The molecule has 0 aliphatic carbocycles. The van der Waals surface area contributed by atoms with Crippen molar-refractivity contribution >= 4 is 29.9 Å². The van der Waals surface area contributed by atoms with Gasteiger partial charge in [0.25, 0.3) is 0 Å². The monoisotopic (exact) mass is 508 g/mol. The van der Waals surface area contributed by atoms with Crippen LogP contribution in [0.4, 0.5) is 0 Å². The van der Waals surface area contributed by atoms with E-state index in [9.17, 15) is 0 Å². The van der Waals surface area contributed by atoms with Gasteiger partial charge in [-0.15, -0.1) is 34.2 Å². The summed E-state index contributed by atoms with van der Waals surface area (Å²) >= 11 is 0. The Morgan fingerprint density at radius 2 is 2.14 bits per heavy atom. The van der Waals surface area contributed by atoms with Gasteiger partial charge in [-0.05, 0) is 19.1 Å². The maximum absolute atomic E-state index is 5.77. The molecule has 0 bridgehead atoms. The second-order valence-electron chi connectivity index (χ2n) is 6.74. The Kier molecular flexibility index (Phi) is 7.13. The van der Waals surface area contributed by atoms with Crippen molar-refractivity contribution < 1.29 is 9.15 Å². The molecule has 1 aromatic carbocycles. The Labute approximate surface area is 186 Å². The molecule has 2 N–H and O–H groups in total. The molecular weight excluding hydrogens is 483 g/mol. The summed E-state index contributed by atoms with van der Waals surface area (Å²) in [5, 5.41) is 15.2. The lowest BCUT2D eigenvalue weighted by molar-refractivity contribution is 0.261. The van der Waals surface area contributed by atoms with Crippen LogP contribution in [0, 0.1) is 6.92 Å². The van der Waals surface area contributed by atoms with Crippen LogP contribution in [0.2, 0.25) is 0 Å². The maximum atomic E-state index is 5.77. The Balaban J connectivity index is 0.00000240. The van der Waals surface area contributed by atoms with Crippen molar-refractivity contribution in [3.05, 3.63) is 65.6 Å². The summed E-state index contributed by atoms with van der Waals surface area (Å²) in [6, 6.07) is 10.1. The molecule has 0 radical (unpaired) electrons. The van der Waals surface area contributed by atoms with Crippen LogP contribution in [0.3, 0.4) is 0 Å². The number of rotatable bonds is 5. The number of nitrogens with one attached hydrogen (secondary N) is 2. The van der Waals surface area contributed by atoms with E-state index in [0.29, 0.717) is 25.7 Å². The van der Waals surface area contributed by atoms with E-state index >= 15 is 0 Å². The van der Waals surface area contributed by atoms with Crippen molar-refractivity contribution in [2.45, 2.75) is 32.5 Å². The first-order valence-electron chi connectivity index (χ1n) is 9.33. The third-order valence-corrected chi connectivity index (χ3v) is 4.87. The van der Waals surface area contributed by atoms with Gasteiger partial charge in [0.15, 0.2) is 11.8 Å². The van der Waals surface area contributed by atoms with Gasteiger partial charge in [0.05, 0.1) is 38.3 Å². The zero-order chi connectivity index (χ0) is 19.3. The number of aryl methyl sites for hydroxylation is 1. The van der Waals surface area contributed by atoms with E-state index in [1.807, 2.05) is 42.8 Å². The average Bonchev–Trinajstić information content (AvgIpc) is 3.35. The number of hydrogen-bond donors (Lipinski definition) is 2. The minimum absolute atomic E-state index is 0. The second kappa shape index (κ2) is 9.77. The van der Waals surface area contributed by atoms with E-state index in [0.717, 1.165) is 34.9 Å². The number of aromatic nitrogens is 3. The number of hydrogen-bond acceptors (Lipinski definition) is 5. The summed E-state index contributed by atoms with van der Waals surface area (Å²) in [6.45, 7) is 3.65. The quantitative estimate of drug-likeness (QED) is 0.313. The van der Waals surface area contributed by atoms with Crippen molar-refractivity contribution in [1.82, 2.24) is 25.4 Å². The number of benzene rings is 1. The van der Waals surface area contributed by atoms with Crippen LogP contribution in [-0.2, 0) is 20.1 Å². The minimum atomic E-state index is 0. The number of guanidine groups is 1. The highest BCUT2D eigenvalue weighted by molar-refractivity contribution is 14.0. The maximum Gasteiger partial charge on any atom is 0.192 e. The summed E-state index contributed by atoms with van der Waals surface area (Å²) in [4.78, 5) is 4.72. The first-order chi connectivity index (χ1) is 13.7. The Morgan fingerprint density at radius 3 is 2.90 bits per heavy atom. The molecule has 3 heterocycles. The normalized spacial score (nSPS) is 15.8. The first-order valence-corrected chi connectivity index (χ1v) is 9.33. The van der Waals surface area contributed by atoms with Crippen LogP contribution >= 0.6 is 24.0 Å². The predicted octanol–water partition coefficient (Wildman–Crippen LogP) is 3.09. The number of nitrogens with zero attached hydrogens (tertiary/aromatic N) is 4. The molecule has 3 aromatic rings. The van der Waals surface area contributed by atoms with Gasteiger partial charge in [-0.2, -0.15) is 0 Å². The van der Waals surface area contributed by atoms with Crippen molar-refractivity contribution in [1.29, 1.82) is 0 Å². The predicted molar refractivity (Wildman–Crippen MR) is 120 cm³/mol. The lowest BCUT2D eigenvalue weighted by Gasteiger charge is -2.28. The van der Waals surface area contributed by atoms with Crippen LogP contribution in [0.15, 0.2) is 52.3 Å². The molecular formula is C20H25IN6O2. The van der Waals surface area contributed by atoms with E-state index in [4.69, 9.17) is 14.1 Å². The van der Waals surface area contributed by atoms with E-state index in [2.05, 4.69) is 26.9 Å². The van der Waals surface area contributed by atoms with Gasteiger partial charge in [-0.3, -0.25) is 0 Å². The molecule has 9 heteroatoms. The van der Waals surface area contributed by atoms with Crippen LogP contribution < -0.4 is 15.4 Å². The molecule has 1 aliphatic heterocycles. The largest absolute Gasteiger partial charge is 0.493 e. The van der Waals surface area contributed by atoms with Crippen LogP contribution in [-0.4, -0.2) is 27.3 Å². The number of furan rings is 1. The molecule has 154 valence electrons. The molecule has 0 amide bonds. The molecule has 2 aromatic heterocycles. The van der Waals surface area contributed by atoms with E-state index in [1.54, 1.807) is 12.5 Å². The smallest absolute Gasteiger partial charge is 0.192 e. The zero-order valence-corrected chi connectivity index (χ0v) is 18.8. The zero-order valence-electron chi connectivity index (χ0n) is 16.5. The minimum Gasteiger partial charge on any atom is -0.493 e. The Hall–Kier alpha value is -2.56. The molecule has 0 saturated heterocycles. The summed E-state index contributed by atoms with van der Waals surface area (Å²) in [5.41, 5.74) is 2.16. The lowest BCUT2D eigenvalue weighted by atomic mass is 10.0. The molecule has 0 saturated carbocycles. The molecule has 8 nitrogen and oxygen atoms in total.